The van der Waals surface area contributed by atoms with E-state index >= 15 is 0 Å². The summed E-state index contributed by atoms with van der Waals surface area (Å²) in [5, 5.41) is 11.2. The highest BCUT2D eigenvalue weighted by Crippen LogP contribution is 2.24. The molecule has 0 fully saturated rings. The van der Waals surface area contributed by atoms with Crippen LogP contribution in [-0.2, 0) is 11.3 Å². The fraction of sp³-hybridized carbons (Fsp3) is 0.294. The highest BCUT2D eigenvalue weighted by atomic mass is 32.2. The second-order valence-corrected chi connectivity index (χ2v) is 6.59. The standard InChI is InChI=1S/C17H20N4O2S/c1-5-10-21-13(4)19-20-17(21)24-12(3)16(23)18-15-9-7-6-8-14(15)11(2)22/h5-9,12H,1,10H2,2-4H3,(H,18,23)/t12-/m1/s1. The van der Waals surface area contributed by atoms with E-state index < -0.39 is 5.25 Å². The van der Waals surface area contributed by atoms with Crippen molar-refractivity contribution in [1.29, 1.82) is 0 Å². The molecule has 0 aliphatic heterocycles. The number of anilines is 1. The predicted octanol–water partition coefficient (Wildman–Crippen LogP) is 3.09. The minimum absolute atomic E-state index is 0.0902. The van der Waals surface area contributed by atoms with Crippen LogP contribution in [0.15, 0.2) is 42.1 Å². The summed E-state index contributed by atoms with van der Waals surface area (Å²) in [5.74, 6) is 0.485. The molecule has 126 valence electrons. The quantitative estimate of drug-likeness (QED) is 0.474. The van der Waals surface area contributed by atoms with E-state index in [0.29, 0.717) is 23.0 Å². The first-order valence-electron chi connectivity index (χ1n) is 7.52. The van der Waals surface area contributed by atoms with Crippen LogP contribution in [0.1, 0.15) is 30.0 Å². The van der Waals surface area contributed by atoms with Crippen LogP contribution in [0.25, 0.3) is 0 Å². The average Bonchev–Trinajstić information content (AvgIpc) is 2.88. The molecule has 0 saturated heterocycles. The van der Waals surface area contributed by atoms with Crippen molar-refractivity contribution in [2.45, 2.75) is 37.7 Å². The topological polar surface area (TPSA) is 76.9 Å². The molecule has 2 aromatic rings. The minimum Gasteiger partial charge on any atom is -0.324 e. The molecule has 1 atom stereocenters. The fourth-order valence-electron chi connectivity index (χ4n) is 2.13. The van der Waals surface area contributed by atoms with Gasteiger partial charge in [-0.15, -0.1) is 16.8 Å². The molecule has 0 aliphatic rings. The van der Waals surface area contributed by atoms with Gasteiger partial charge in [0.25, 0.3) is 0 Å². The first-order chi connectivity index (χ1) is 11.4. The lowest BCUT2D eigenvalue weighted by atomic mass is 10.1. The zero-order chi connectivity index (χ0) is 17.7. The van der Waals surface area contributed by atoms with Crippen LogP contribution in [0, 0.1) is 6.92 Å². The molecular weight excluding hydrogens is 324 g/mol. The van der Waals surface area contributed by atoms with Crippen LogP contribution < -0.4 is 5.32 Å². The summed E-state index contributed by atoms with van der Waals surface area (Å²) >= 11 is 1.32. The van der Waals surface area contributed by atoms with Crippen molar-refractivity contribution in [3.05, 3.63) is 48.3 Å². The number of nitrogens with zero attached hydrogens (tertiary/aromatic N) is 3. The van der Waals surface area contributed by atoms with Gasteiger partial charge < -0.3 is 9.88 Å². The van der Waals surface area contributed by atoms with Gasteiger partial charge in [0.2, 0.25) is 5.91 Å². The third kappa shape index (κ3) is 4.11. The van der Waals surface area contributed by atoms with Gasteiger partial charge in [-0.1, -0.05) is 30.0 Å². The first-order valence-corrected chi connectivity index (χ1v) is 8.40. The third-order valence-corrected chi connectivity index (χ3v) is 4.51. The van der Waals surface area contributed by atoms with Crippen LogP contribution in [0.4, 0.5) is 5.69 Å². The molecule has 0 radical (unpaired) electrons. The summed E-state index contributed by atoms with van der Waals surface area (Å²) in [6.45, 7) is 9.42. The SMILES string of the molecule is C=CCn1c(C)nnc1S[C@H](C)C(=O)Nc1ccccc1C(C)=O. The summed E-state index contributed by atoms with van der Waals surface area (Å²) in [6, 6.07) is 6.96. The first kappa shape index (κ1) is 17.9. The van der Waals surface area contributed by atoms with Gasteiger partial charge in [-0.3, -0.25) is 9.59 Å². The van der Waals surface area contributed by atoms with E-state index in [1.54, 1.807) is 37.3 Å². The summed E-state index contributed by atoms with van der Waals surface area (Å²) < 4.78 is 1.89. The van der Waals surface area contributed by atoms with Gasteiger partial charge in [-0.2, -0.15) is 0 Å². The van der Waals surface area contributed by atoms with Crippen molar-refractivity contribution in [1.82, 2.24) is 14.8 Å². The Morgan fingerprint density at radius 1 is 1.38 bits per heavy atom. The molecule has 1 heterocycles. The van der Waals surface area contributed by atoms with Gasteiger partial charge in [0.05, 0.1) is 10.9 Å². The van der Waals surface area contributed by atoms with Crippen molar-refractivity contribution in [3.63, 3.8) is 0 Å². The van der Waals surface area contributed by atoms with Gasteiger partial charge in [0, 0.05) is 12.1 Å². The number of Topliss-reactive ketones (excluding diaryl/α,β-unsaturated/α-hetero) is 1. The molecular formula is C17H20N4O2S. The van der Waals surface area contributed by atoms with Crippen molar-refractivity contribution < 1.29 is 9.59 Å². The number of rotatable bonds is 7. The average molecular weight is 344 g/mol. The number of nitrogens with one attached hydrogen (secondary N) is 1. The summed E-state index contributed by atoms with van der Waals surface area (Å²) in [5.41, 5.74) is 1.01. The Bertz CT molecular complexity index is 770. The van der Waals surface area contributed by atoms with Crippen LogP contribution in [0.2, 0.25) is 0 Å². The third-order valence-electron chi connectivity index (χ3n) is 3.43. The molecule has 1 aromatic carbocycles. The number of thioether (sulfide) groups is 1. The maximum absolute atomic E-state index is 12.4. The molecule has 0 unspecified atom stereocenters. The molecule has 24 heavy (non-hydrogen) atoms. The van der Waals surface area contributed by atoms with E-state index in [1.165, 1.54) is 18.7 Å². The number of amides is 1. The molecule has 1 N–H and O–H groups in total. The Balaban J connectivity index is 2.11. The van der Waals surface area contributed by atoms with Gasteiger partial charge >= 0.3 is 0 Å². The lowest BCUT2D eigenvalue weighted by Crippen LogP contribution is -2.24. The smallest absolute Gasteiger partial charge is 0.237 e. The summed E-state index contributed by atoms with van der Waals surface area (Å²) in [4.78, 5) is 24.1. The number of hydrogen-bond donors (Lipinski definition) is 1. The molecule has 1 amide bonds. The van der Waals surface area contributed by atoms with Gasteiger partial charge in [0.15, 0.2) is 10.9 Å². The van der Waals surface area contributed by atoms with Gasteiger partial charge in [-0.25, -0.2) is 0 Å². The molecule has 0 bridgehead atoms. The summed E-state index contributed by atoms with van der Waals surface area (Å²) in [7, 11) is 0. The second-order valence-electron chi connectivity index (χ2n) is 5.28. The van der Waals surface area contributed by atoms with Crippen molar-refractivity contribution >= 4 is 29.1 Å². The number of carbonyl (C=O) groups excluding carboxylic acids is 2. The number of carbonyl (C=O) groups is 2. The number of para-hydroxylation sites is 1. The Morgan fingerprint density at radius 2 is 2.08 bits per heavy atom. The maximum Gasteiger partial charge on any atom is 0.237 e. The number of aromatic nitrogens is 3. The van der Waals surface area contributed by atoms with E-state index in [1.807, 2.05) is 11.5 Å². The highest BCUT2D eigenvalue weighted by Gasteiger charge is 2.20. The lowest BCUT2D eigenvalue weighted by Gasteiger charge is -2.14. The largest absolute Gasteiger partial charge is 0.324 e. The normalized spacial score (nSPS) is 11.8. The molecule has 2 rings (SSSR count). The van der Waals surface area contributed by atoms with Crippen LogP contribution >= 0.6 is 11.8 Å². The van der Waals surface area contributed by atoms with Crippen LogP contribution in [-0.4, -0.2) is 31.7 Å². The summed E-state index contributed by atoms with van der Waals surface area (Å²) in [6.07, 6.45) is 1.76. The number of aryl methyl sites for hydroxylation is 1. The zero-order valence-electron chi connectivity index (χ0n) is 13.9. The van der Waals surface area contributed by atoms with E-state index in [9.17, 15) is 9.59 Å². The zero-order valence-corrected chi connectivity index (χ0v) is 14.8. The van der Waals surface area contributed by atoms with Crippen molar-refractivity contribution in [2.75, 3.05) is 5.32 Å². The van der Waals surface area contributed by atoms with Crippen molar-refractivity contribution in [2.24, 2.45) is 0 Å². The Morgan fingerprint density at radius 3 is 2.75 bits per heavy atom. The van der Waals surface area contributed by atoms with Gasteiger partial charge in [-0.05, 0) is 32.9 Å². The van der Waals surface area contributed by atoms with Gasteiger partial charge in [0.1, 0.15) is 5.82 Å². The lowest BCUT2D eigenvalue weighted by molar-refractivity contribution is -0.115. The number of hydrogen-bond acceptors (Lipinski definition) is 5. The molecule has 0 spiro atoms. The molecule has 6 nitrogen and oxygen atoms in total. The van der Waals surface area contributed by atoms with E-state index in [-0.39, 0.29) is 11.7 Å². The Hall–Kier alpha value is -2.41. The van der Waals surface area contributed by atoms with Crippen molar-refractivity contribution in [3.8, 4) is 0 Å². The van der Waals surface area contributed by atoms with Crippen LogP contribution in [0.3, 0.4) is 0 Å². The molecule has 1 aromatic heterocycles. The molecule has 7 heteroatoms. The fourth-order valence-corrected chi connectivity index (χ4v) is 3.04. The second kappa shape index (κ2) is 7.92. The molecule has 0 aliphatic carbocycles. The Kier molecular flexibility index (Phi) is 5.92. The van der Waals surface area contributed by atoms with E-state index in [0.717, 1.165) is 5.82 Å². The highest BCUT2D eigenvalue weighted by molar-refractivity contribution is 8.00. The Labute approximate surface area is 145 Å². The van der Waals surface area contributed by atoms with E-state index in [2.05, 4.69) is 22.1 Å². The number of allylic oxidation sites excluding steroid dienone is 1. The molecule has 0 saturated carbocycles. The van der Waals surface area contributed by atoms with E-state index in [4.69, 9.17) is 0 Å². The number of benzene rings is 1. The minimum atomic E-state index is -0.392. The predicted molar refractivity (Wildman–Crippen MR) is 95.4 cm³/mol. The monoisotopic (exact) mass is 344 g/mol. The maximum atomic E-state index is 12.4. The number of ketones is 1. The van der Waals surface area contributed by atoms with Crippen LogP contribution in [0.5, 0.6) is 0 Å².